The minimum absolute atomic E-state index is 0.00278. The maximum Gasteiger partial charge on any atom is 0.264 e. The van der Waals surface area contributed by atoms with E-state index in [-0.39, 0.29) is 11.5 Å². The van der Waals surface area contributed by atoms with E-state index in [2.05, 4.69) is 31.9 Å². The van der Waals surface area contributed by atoms with Crippen LogP contribution in [0.2, 0.25) is 0 Å². The Kier molecular flexibility index (Phi) is 4.73. The third-order valence-electron chi connectivity index (χ3n) is 2.07. The van der Waals surface area contributed by atoms with Crippen molar-refractivity contribution in [3.63, 3.8) is 0 Å². The molecule has 88 valence electrons. The van der Waals surface area contributed by atoms with E-state index in [4.69, 9.17) is 0 Å². The van der Waals surface area contributed by atoms with Crippen LogP contribution in [0.4, 0.5) is 0 Å². The molecule has 16 heavy (non-hydrogen) atoms. The Labute approximate surface area is 111 Å². The Morgan fingerprint density at radius 3 is 2.62 bits per heavy atom. The zero-order valence-electron chi connectivity index (χ0n) is 9.04. The van der Waals surface area contributed by atoms with E-state index in [1.54, 1.807) is 26.4 Å². The Bertz CT molecular complexity index is 455. The largest absolute Gasteiger partial charge is 0.349 e. The number of rotatable bonds is 3. The molecule has 0 saturated heterocycles. The van der Waals surface area contributed by atoms with Gasteiger partial charge in [-0.15, -0.1) is 0 Å². The van der Waals surface area contributed by atoms with Crippen LogP contribution < -0.4 is 5.56 Å². The van der Waals surface area contributed by atoms with Gasteiger partial charge in [-0.3, -0.25) is 9.59 Å². The Morgan fingerprint density at radius 1 is 1.44 bits per heavy atom. The lowest BCUT2D eigenvalue weighted by Gasteiger charge is -2.11. The number of amides is 1. The number of aryl methyl sites for hydroxylation is 1. The molecule has 0 aliphatic heterocycles. The fourth-order valence-electron chi connectivity index (χ4n) is 1.17. The van der Waals surface area contributed by atoms with Crippen LogP contribution in [-0.4, -0.2) is 29.5 Å². The van der Waals surface area contributed by atoms with Crippen molar-refractivity contribution in [2.45, 2.75) is 13.0 Å². The first-order chi connectivity index (χ1) is 7.41. The molecule has 6 heteroatoms. The minimum atomic E-state index is -0.130. The number of nitrogens with zero attached hydrogens (tertiary/aromatic N) is 2. The van der Waals surface area contributed by atoms with Gasteiger partial charge in [0.15, 0.2) is 0 Å². The van der Waals surface area contributed by atoms with E-state index in [0.29, 0.717) is 17.4 Å². The standard InChI is InChI=1S/C10H12Br2N2O2/c1-13(2)9(15)3-4-14-6-7(11)5-8(12)10(14)16/h5-6H,3-4H2,1-2H3. The SMILES string of the molecule is CN(C)C(=O)CCn1cc(Br)cc(Br)c1=O. The van der Waals surface area contributed by atoms with Crippen molar-refractivity contribution in [1.82, 2.24) is 9.47 Å². The first-order valence-electron chi connectivity index (χ1n) is 4.67. The van der Waals surface area contributed by atoms with Crippen LogP contribution in [0, 0.1) is 0 Å². The number of carbonyl (C=O) groups is 1. The predicted molar refractivity (Wildman–Crippen MR) is 69.4 cm³/mol. The van der Waals surface area contributed by atoms with Gasteiger partial charge in [0.25, 0.3) is 5.56 Å². The molecule has 0 fully saturated rings. The zero-order chi connectivity index (χ0) is 12.3. The summed E-state index contributed by atoms with van der Waals surface area (Å²) >= 11 is 6.47. The summed E-state index contributed by atoms with van der Waals surface area (Å²) in [6.45, 7) is 0.383. The summed E-state index contributed by atoms with van der Waals surface area (Å²) < 4.78 is 2.80. The number of pyridine rings is 1. The van der Waals surface area contributed by atoms with Gasteiger partial charge in [0.2, 0.25) is 5.91 Å². The van der Waals surface area contributed by atoms with Gasteiger partial charge in [-0.25, -0.2) is 0 Å². The summed E-state index contributed by atoms with van der Waals surface area (Å²) in [6, 6.07) is 1.69. The van der Waals surface area contributed by atoms with Gasteiger partial charge in [0, 0.05) is 37.7 Å². The molecule has 0 aliphatic carbocycles. The average Bonchev–Trinajstić information content (AvgIpc) is 2.20. The Morgan fingerprint density at radius 2 is 2.06 bits per heavy atom. The molecule has 1 aromatic rings. The molecule has 0 aliphatic rings. The summed E-state index contributed by atoms with van der Waals surface area (Å²) in [5.41, 5.74) is -0.130. The van der Waals surface area contributed by atoms with E-state index < -0.39 is 0 Å². The van der Waals surface area contributed by atoms with Crippen LogP contribution in [0.15, 0.2) is 26.0 Å². The second-order valence-corrected chi connectivity index (χ2v) is 5.31. The molecule has 0 aromatic carbocycles. The fraction of sp³-hybridized carbons (Fsp3) is 0.400. The number of hydrogen-bond acceptors (Lipinski definition) is 2. The molecule has 0 radical (unpaired) electrons. The number of hydrogen-bond donors (Lipinski definition) is 0. The van der Waals surface area contributed by atoms with Crippen LogP contribution in [-0.2, 0) is 11.3 Å². The average molecular weight is 352 g/mol. The molecule has 0 spiro atoms. The van der Waals surface area contributed by atoms with Gasteiger partial charge in [0.1, 0.15) is 0 Å². The molecule has 1 heterocycles. The van der Waals surface area contributed by atoms with Crippen LogP contribution >= 0.6 is 31.9 Å². The Balaban J connectivity index is 2.82. The van der Waals surface area contributed by atoms with Crippen molar-refractivity contribution in [3.8, 4) is 0 Å². The van der Waals surface area contributed by atoms with E-state index in [1.807, 2.05) is 0 Å². The molecule has 0 saturated carbocycles. The molecular formula is C10H12Br2N2O2. The van der Waals surface area contributed by atoms with Crippen molar-refractivity contribution >= 4 is 37.8 Å². The van der Waals surface area contributed by atoms with Crippen LogP contribution in [0.25, 0.3) is 0 Å². The summed E-state index contributed by atoms with van der Waals surface area (Å²) in [7, 11) is 3.39. The molecular weight excluding hydrogens is 340 g/mol. The van der Waals surface area contributed by atoms with Gasteiger partial charge in [-0.2, -0.15) is 0 Å². The number of aromatic nitrogens is 1. The van der Waals surface area contributed by atoms with E-state index in [9.17, 15) is 9.59 Å². The van der Waals surface area contributed by atoms with Gasteiger partial charge >= 0.3 is 0 Å². The van der Waals surface area contributed by atoms with E-state index in [0.717, 1.165) is 4.47 Å². The van der Waals surface area contributed by atoms with Crippen molar-refractivity contribution in [1.29, 1.82) is 0 Å². The van der Waals surface area contributed by atoms with Crippen molar-refractivity contribution < 1.29 is 4.79 Å². The zero-order valence-corrected chi connectivity index (χ0v) is 12.2. The predicted octanol–water partition coefficient (Wildman–Crippen LogP) is 1.85. The van der Waals surface area contributed by atoms with Gasteiger partial charge < -0.3 is 9.47 Å². The normalized spacial score (nSPS) is 10.2. The molecule has 1 amide bonds. The maximum atomic E-state index is 11.7. The number of carbonyl (C=O) groups excluding carboxylic acids is 1. The quantitative estimate of drug-likeness (QED) is 0.834. The van der Waals surface area contributed by atoms with Gasteiger partial charge in [-0.05, 0) is 37.9 Å². The van der Waals surface area contributed by atoms with Crippen LogP contribution in [0.1, 0.15) is 6.42 Å². The fourth-order valence-corrected chi connectivity index (χ4v) is 2.43. The molecule has 0 atom stereocenters. The van der Waals surface area contributed by atoms with Crippen molar-refractivity contribution in [2.75, 3.05) is 14.1 Å². The highest BCUT2D eigenvalue weighted by atomic mass is 79.9. The highest BCUT2D eigenvalue weighted by Gasteiger charge is 2.07. The summed E-state index contributed by atoms with van der Waals surface area (Å²) in [6.07, 6.45) is 1.99. The third-order valence-corrected chi connectivity index (χ3v) is 3.08. The molecule has 0 bridgehead atoms. The minimum Gasteiger partial charge on any atom is -0.349 e. The monoisotopic (exact) mass is 350 g/mol. The molecule has 0 N–H and O–H groups in total. The second-order valence-electron chi connectivity index (χ2n) is 3.54. The lowest BCUT2D eigenvalue weighted by molar-refractivity contribution is -0.128. The first kappa shape index (κ1) is 13.4. The first-order valence-corrected chi connectivity index (χ1v) is 6.26. The number of halogens is 2. The van der Waals surface area contributed by atoms with Crippen molar-refractivity contribution in [3.05, 3.63) is 31.6 Å². The highest BCUT2D eigenvalue weighted by molar-refractivity contribution is 9.11. The highest BCUT2D eigenvalue weighted by Crippen LogP contribution is 2.12. The summed E-state index contributed by atoms with van der Waals surface area (Å²) in [5.74, 6) is 0.00278. The molecule has 1 rings (SSSR count). The molecule has 1 aromatic heterocycles. The smallest absolute Gasteiger partial charge is 0.264 e. The summed E-state index contributed by atoms with van der Waals surface area (Å²) in [4.78, 5) is 24.6. The van der Waals surface area contributed by atoms with E-state index in [1.165, 1.54) is 9.47 Å². The van der Waals surface area contributed by atoms with Crippen LogP contribution in [0.5, 0.6) is 0 Å². The Hall–Kier alpha value is -0.620. The van der Waals surface area contributed by atoms with Crippen LogP contribution in [0.3, 0.4) is 0 Å². The lowest BCUT2D eigenvalue weighted by atomic mass is 10.3. The topological polar surface area (TPSA) is 42.3 Å². The van der Waals surface area contributed by atoms with E-state index >= 15 is 0 Å². The van der Waals surface area contributed by atoms with Gasteiger partial charge in [-0.1, -0.05) is 0 Å². The molecule has 0 unspecified atom stereocenters. The maximum absolute atomic E-state index is 11.7. The summed E-state index contributed by atoms with van der Waals surface area (Å²) in [5, 5.41) is 0. The van der Waals surface area contributed by atoms with Crippen molar-refractivity contribution in [2.24, 2.45) is 0 Å². The molecule has 4 nitrogen and oxygen atoms in total. The third kappa shape index (κ3) is 3.45. The lowest BCUT2D eigenvalue weighted by Crippen LogP contribution is -2.26. The second kappa shape index (κ2) is 5.63. The van der Waals surface area contributed by atoms with Gasteiger partial charge in [0.05, 0.1) is 4.47 Å².